The van der Waals surface area contributed by atoms with Crippen LogP contribution in [0.2, 0.25) is 0 Å². The maximum Gasteiger partial charge on any atom is 0.251 e. The van der Waals surface area contributed by atoms with Crippen molar-refractivity contribution in [3.63, 3.8) is 0 Å². The third-order valence-corrected chi connectivity index (χ3v) is 5.84. The predicted octanol–water partition coefficient (Wildman–Crippen LogP) is 2.50. The second kappa shape index (κ2) is 6.87. The molecule has 0 radical (unpaired) electrons. The van der Waals surface area contributed by atoms with Gasteiger partial charge in [0.25, 0.3) is 5.91 Å². The summed E-state index contributed by atoms with van der Waals surface area (Å²) in [5, 5.41) is 11.5. The SMILES string of the molecule is NC(=O)c1c(NC(=O)Cn2nnc3ccccc32)sc2c1CCCCC2. The average Bonchev–Trinajstić information content (AvgIpc) is 3.09. The van der Waals surface area contributed by atoms with Gasteiger partial charge in [0.1, 0.15) is 17.1 Å². The van der Waals surface area contributed by atoms with Gasteiger partial charge in [0.2, 0.25) is 5.91 Å². The van der Waals surface area contributed by atoms with Crippen LogP contribution in [-0.4, -0.2) is 26.8 Å². The van der Waals surface area contributed by atoms with Gasteiger partial charge in [-0.2, -0.15) is 0 Å². The molecule has 2 aromatic heterocycles. The molecular weight excluding hydrogens is 350 g/mol. The minimum Gasteiger partial charge on any atom is -0.365 e. The molecule has 8 heteroatoms. The summed E-state index contributed by atoms with van der Waals surface area (Å²) in [6.45, 7) is 0.0290. The quantitative estimate of drug-likeness (QED) is 0.690. The molecule has 0 aliphatic heterocycles. The van der Waals surface area contributed by atoms with Crippen molar-refractivity contribution in [1.29, 1.82) is 0 Å². The molecule has 3 N–H and O–H groups in total. The van der Waals surface area contributed by atoms with E-state index >= 15 is 0 Å². The highest BCUT2D eigenvalue weighted by Crippen LogP contribution is 2.37. The van der Waals surface area contributed by atoms with Gasteiger partial charge in [-0.05, 0) is 43.4 Å². The summed E-state index contributed by atoms with van der Waals surface area (Å²) in [6, 6.07) is 7.46. The Morgan fingerprint density at radius 3 is 2.85 bits per heavy atom. The van der Waals surface area contributed by atoms with Crippen LogP contribution in [0.15, 0.2) is 24.3 Å². The lowest BCUT2D eigenvalue weighted by Gasteiger charge is -2.06. The summed E-state index contributed by atoms with van der Waals surface area (Å²) < 4.78 is 1.55. The Morgan fingerprint density at radius 2 is 2.00 bits per heavy atom. The number of benzene rings is 1. The first-order chi connectivity index (χ1) is 12.6. The van der Waals surface area contributed by atoms with Gasteiger partial charge in [0, 0.05) is 4.88 Å². The van der Waals surface area contributed by atoms with E-state index < -0.39 is 5.91 Å². The van der Waals surface area contributed by atoms with Crippen LogP contribution in [0.25, 0.3) is 11.0 Å². The standard InChI is InChI=1S/C18H19N5O2S/c19-17(25)16-11-6-2-1-3-9-14(11)26-18(16)20-15(24)10-23-13-8-5-4-7-12(13)21-22-23/h4-5,7-8H,1-3,6,9-10H2,(H2,19,25)(H,20,24). The molecule has 2 heterocycles. The third kappa shape index (κ3) is 3.08. The van der Waals surface area contributed by atoms with Gasteiger partial charge >= 0.3 is 0 Å². The summed E-state index contributed by atoms with van der Waals surface area (Å²) in [4.78, 5) is 25.7. The molecule has 4 rings (SSSR count). The van der Waals surface area contributed by atoms with Crippen LogP contribution in [0.3, 0.4) is 0 Å². The Bertz CT molecular complexity index is 991. The number of aromatic nitrogens is 3. The van der Waals surface area contributed by atoms with Crippen LogP contribution in [0.4, 0.5) is 5.00 Å². The number of nitrogens with one attached hydrogen (secondary N) is 1. The van der Waals surface area contributed by atoms with Crippen LogP contribution in [-0.2, 0) is 24.2 Å². The van der Waals surface area contributed by atoms with Gasteiger partial charge in [0.15, 0.2) is 0 Å². The first kappa shape index (κ1) is 16.7. The van der Waals surface area contributed by atoms with E-state index in [0.29, 0.717) is 10.6 Å². The van der Waals surface area contributed by atoms with Crippen LogP contribution < -0.4 is 11.1 Å². The van der Waals surface area contributed by atoms with Crippen LogP contribution in [0.5, 0.6) is 0 Å². The molecule has 1 aromatic carbocycles. The number of rotatable bonds is 4. The zero-order valence-electron chi connectivity index (χ0n) is 14.2. The number of thiophene rings is 1. The molecular formula is C18H19N5O2S. The van der Waals surface area contributed by atoms with Crippen molar-refractivity contribution in [2.45, 2.75) is 38.6 Å². The number of hydrogen-bond donors (Lipinski definition) is 2. The number of aryl methyl sites for hydroxylation is 1. The highest BCUT2D eigenvalue weighted by atomic mass is 32.1. The van der Waals surface area contributed by atoms with E-state index in [1.165, 1.54) is 11.3 Å². The van der Waals surface area contributed by atoms with Crippen molar-refractivity contribution in [3.05, 3.63) is 40.3 Å². The molecule has 2 amide bonds. The second-order valence-electron chi connectivity index (χ2n) is 6.42. The molecule has 0 fully saturated rings. The Hall–Kier alpha value is -2.74. The molecule has 1 aliphatic carbocycles. The third-order valence-electron chi connectivity index (χ3n) is 4.63. The van der Waals surface area contributed by atoms with E-state index in [0.717, 1.165) is 53.6 Å². The van der Waals surface area contributed by atoms with Gasteiger partial charge in [0.05, 0.1) is 11.1 Å². The number of nitrogens with two attached hydrogens (primary N) is 1. The molecule has 7 nitrogen and oxygen atoms in total. The second-order valence-corrected chi connectivity index (χ2v) is 7.52. The van der Waals surface area contributed by atoms with E-state index in [1.54, 1.807) is 4.68 Å². The Labute approximate surface area is 154 Å². The summed E-state index contributed by atoms with van der Waals surface area (Å²) in [5.41, 5.74) is 8.63. The van der Waals surface area contributed by atoms with Crippen LogP contribution in [0, 0.1) is 0 Å². The van der Waals surface area contributed by atoms with Crippen molar-refractivity contribution in [1.82, 2.24) is 15.0 Å². The largest absolute Gasteiger partial charge is 0.365 e. The van der Waals surface area contributed by atoms with Crippen LogP contribution in [0.1, 0.15) is 40.1 Å². The van der Waals surface area contributed by atoms with Gasteiger partial charge in [-0.1, -0.05) is 23.8 Å². The normalized spacial score (nSPS) is 14.0. The molecule has 26 heavy (non-hydrogen) atoms. The van der Waals surface area contributed by atoms with E-state index in [4.69, 9.17) is 5.73 Å². The van der Waals surface area contributed by atoms with Gasteiger partial charge in [-0.25, -0.2) is 4.68 Å². The number of carbonyl (C=O) groups excluding carboxylic acids is 2. The van der Waals surface area contributed by atoms with Crippen molar-refractivity contribution in [2.75, 3.05) is 5.32 Å². The van der Waals surface area contributed by atoms with Crippen molar-refractivity contribution < 1.29 is 9.59 Å². The monoisotopic (exact) mass is 369 g/mol. The topological polar surface area (TPSA) is 103 Å². The lowest BCUT2D eigenvalue weighted by Crippen LogP contribution is -2.21. The number of anilines is 1. The molecule has 0 saturated carbocycles. The van der Waals surface area contributed by atoms with Gasteiger partial charge < -0.3 is 11.1 Å². The number of amides is 2. The summed E-state index contributed by atoms with van der Waals surface area (Å²) >= 11 is 1.47. The van der Waals surface area contributed by atoms with E-state index in [2.05, 4.69) is 15.6 Å². The Kier molecular flexibility index (Phi) is 4.42. The van der Waals surface area contributed by atoms with E-state index in [-0.39, 0.29) is 12.5 Å². The first-order valence-electron chi connectivity index (χ1n) is 8.66. The lowest BCUT2D eigenvalue weighted by molar-refractivity contribution is -0.116. The van der Waals surface area contributed by atoms with Crippen molar-refractivity contribution in [2.24, 2.45) is 5.73 Å². The van der Waals surface area contributed by atoms with Gasteiger partial charge in [-0.3, -0.25) is 9.59 Å². The van der Waals surface area contributed by atoms with E-state index in [1.807, 2.05) is 24.3 Å². The fourth-order valence-corrected chi connectivity index (χ4v) is 4.74. The number of primary amides is 1. The molecule has 1 aliphatic rings. The smallest absolute Gasteiger partial charge is 0.251 e. The lowest BCUT2D eigenvalue weighted by atomic mass is 10.1. The average molecular weight is 369 g/mol. The summed E-state index contributed by atoms with van der Waals surface area (Å²) in [7, 11) is 0. The fraction of sp³-hybridized carbons (Fsp3) is 0.333. The molecule has 0 spiro atoms. The minimum atomic E-state index is -0.481. The highest BCUT2D eigenvalue weighted by Gasteiger charge is 2.24. The maximum absolute atomic E-state index is 12.5. The summed E-state index contributed by atoms with van der Waals surface area (Å²) in [5.74, 6) is -0.731. The Morgan fingerprint density at radius 1 is 1.19 bits per heavy atom. The number of carbonyl (C=O) groups is 2. The van der Waals surface area contributed by atoms with Crippen LogP contribution >= 0.6 is 11.3 Å². The predicted molar refractivity (Wildman–Crippen MR) is 100 cm³/mol. The zero-order chi connectivity index (χ0) is 18.1. The highest BCUT2D eigenvalue weighted by molar-refractivity contribution is 7.17. The zero-order valence-corrected chi connectivity index (χ0v) is 15.0. The molecule has 3 aromatic rings. The minimum absolute atomic E-state index is 0.0290. The molecule has 0 bridgehead atoms. The molecule has 0 saturated heterocycles. The number of fused-ring (bicyclic) bond motifs is 2. The van der Waals surface area contributed by atoms with Crippen molar-refractivity contribution >= 4 is 39.2 Å². The van der Waals surface area contributed by atoms with E-state index in [9.17, 15) is 9.59 Å². The maximum atomic E-state index is 12.5. The molecule has 0 atom stereocenters. The Balaban J connectivity index is 1.59. The van der Waals surface area contributed by atoms with Crippen molar-refractivity contribution in [3.8, 4) is 0 Å². The number of nitrogens with zero attached hydrogens (tertiary/aromatic N) is 3. The number of para-hydroxylation sites is 1. The first-order valence-corrected chi connectivity index (χ1v) is 9.47. The fourth-order valence-electron chi connectivity index (χ4n) is 3.43. The molecule has 0 unspecified atom stereocenters. The molecule has 134 valence electrons. The number of hydrogen-bond acceptors (Lipinski definition) is 5. The summed E-state index contributed by atoms with van der Waals surface area (Å²) in [6.07, 6.45) is 5.07. The van der Waals surface area contributed by atoms with Gasteiger partial charge in [-0.15, -0.1) is 16.4 Å².